The molecule has 3 rings (SSSR count). The van der Waals surface area contributed by atoms with Crippen LogP contribution in [0.5, 0.6) is 11.5 Å². The van der Waals surface area contributed by atoms with Gasteiger partial charge in [-0.2, -0.15) is 4.31 Å². The molecule has 2 aromatic rings. The van der Waals surface area contributed by atoms with Crippen molar-refractivity contribution in [2.75, 3.05) is 40.4 Å². The van der Waals surface area contributed by atoms with Crippen LogP contribution in [0.2, 0.25) is 0 Å². The summed E-state index contributed by atoms with van der Waals surface area (Å²) < 4.78 is 38.3. The molecule has 1 aliphatic heterocycles. The summed E-state index contributed by atoms with van der Waals surface area (Å²) in [5.41, 5.74) is 1.13. The minimum atomic E-state index is -3.59. The number of sulfonamides is 1. The van der Waals surface area contributed by atoms with E-state index >= 15 is 0 Å². The van der Waals surface area contributed by atoms with Crippen LogP contribution in [0.15, 0.2) is 47.4 Å². The predicted molar refractivity (Wildman–Crippen MR) is 119 cm³/mol. The van der Waals surface area contributed by atoms with Crippen molar-refractivity contribution in [3.63, 3.8) is 0 Å². The van der Waals surface area contributed by atoms with E-state index in [1.165, 1.54) is 10.4 Å². The molecule has 8 heteroatoms. The standard InChI is InChI=1S/C23H30N2O5S/c1-18-7-12-21(31(27,28)25-13-5-4-6-14-25)17-22(18)23(26)24(2)15-16-30-20-10-8-19(29-3)9-11-20/h7-12,17H,4-6,13-16H2,1-3H3. The zero-order chi connectivity index (χ0) is 22.4. The number of piperidine rings is 1. The number of hydrogen-bond acceptors (Lipinski definition) is 5. The number of nitrogens with zero attached hydrogens (tertiary/aromatic N) is 2. The van der Waals surface area contributed by atoms with Gasteiger partial charge in [0, 0.05) is 25.7 Å². The molecule has 1 saturated heterocycles. The first-order valence-corrected chi connectivity index (χ1v) is 11.9. The predicted octanol–water partition coefficient (Wildman–Crippen LogP) is 3.33. The average molecular weight is 447 g/mol. The first-order valence-electron chi connectivity index (χ1n) is 10.5. The number of methoxy groups -OCH3 is 1. The SMILES string of the molecule is COc1ccc(OCCN(C)C(=O)c2cc(S(=O)(=O)N3CCCCC3)ccc2C)cc1. The molecule has 0 bridgehead atoms. The first kappa shape index (κ1) is 23.1. The Kier molecular flexibility index (Phi) is 7.56. The molecule has 0 saturated carbocycles. The van der Waals surface area contributed by atoms with Gasteiger partial charge in [-0.15, -0.1) is 0 Å². The van der Waals surface area contributed by atoms with Gasteiger partial charge in [0.05, 0.1) is 18.6 Å². The Bertz CT molecular complexity index is 999. The fourth-order valence-corrected chi connectivity index (χ4v) is 5.07. The molecule has 7 nitrogen and oxygen atoms in total. The fourth-order valence-electron chi connectivity index (χ4n) is 3.53. The van der Waals surface area contributed by atoms with E-state index in [-0.39, 0.29) is 10.8 Å². The van der Waals surface area contributed by atoms with E-state index in [4.69, 9.17) is 9.47 Å². The van der Waals surface area contributed by atoms with Crippen molar-refractivity contribution in [1.29, 1.82) is 0 Å². The lowest BCUT2D eigenvalue weighted by Crippen LogP contribution is -2.36. The Morgan fingerprint density at radius 2 is 1.68 bits per heavy atom. The van der Waals surface area contributed by atoms with E-state index < -0.39 is 10.0 Å². The molecule has 31 heavy (non-hydrogen) atoms. The number of carbonyl (C=O) groups is 1. The highest BCUT2D eigenvalue weighted by molar-refractivity contribution is 7.89. The molecular formula is C23H30N2O5S. The maximum Gasteiger partial charge on any atom is 0.254 e. The van der Waals surface area contributed by atoms with E-state index in [0.717, 1.165) is 30.6 Å². The minimum Gasteiger partial charge on any atom is -0.497 e. The highest BCUT2D eigenvalue weighted by atomic mass is 32.2. The molecule has 1 aliphatic rings. The summed E-state index contributed by atoms with van der Waals surface area (Å²) in [6, 6.07) is 12.0. The summed E-state index contributed by atoms with van der Waals surface area (Å²) in [4.78, 5) is 14.7. The summed E-state index contributed by atoms with van der Waals surface area (Å²) in [6.45, 7) is 3.56. The van der Waals surface area contributed by atoms with Gasteiger partial charge in [0.2, 0.25) is 10.0 Å². The highest BCUT2D eigenvalue weighted by Gasteiger charge is 2.27. The molecule has 0 atom stereocenters. The molecule has 1 amide bonds. The second kappa shape index (κ2) is 10.2. The van der Waals surface area contributed by atoms with Crippen LogP contribution in [0.4, 0.5) is 0 Å². The Morgan fingerprint density at radius 1 is 1.03 bits per heavy atom. The van der Waals surface area contributed by atoms with Crippen LogP contribution in [0.1, 0.15) is 35.2 Å². The van der Waals surface area contributed by atoms with E-state index in [0.29, 0.717) is 37.6 Å². The minimum absolute atomic E-state index is 0.172. The van der Waals surface area contributed by atoms with Crippen LogP contribution in [-0.2, 0) is 10.0 Å². The lowest BCUT2D eigenvalue weighted by Gasteiger charge is -2.26. The molecule has 0 unspecified atom stereocenters. The zero-order valence-electron chi connectivity index (χ0n) is 18.3. The molecule has 168 valence electrons. The zero-order valence-corrected chi connectivity index (χ0v) is 19.2. The maximum atomic E-state index is 13.0. The van der Waals surface area contributed by atoms with E-state index in [9.17, 15) is 13.2 Å². The first-order chi connectivity index (χ1) is 14.8. The number of ether oxygens (including phenoxy) is 2. The number of aryl methyl sites for hydroxylation is 1. The molecule has 2 aromatic carbocycles. The van der Waals surface area contributed by atoms with Gasteiger partial charge in [0.25, 0.3) is 5.91 Å². The van der Waals surface area contributed by atoms with Crippen molar-refractivity contribution in [2.24, 2.45) is 0 Å². The second-order valence-electron chi connectivity index (χ2n) is 7.69. The smallest absolute Gasteiger partial charge is 0.254 e. The van der Waals surface area contributed by atoms with Gasteiger partial charge in [-0.25, -0.2) is 8.42 Å². The van der Waals surface area contributed by atoms with Crippen LogP contribution >= 0.6 is 0 Å². The normalized spacial score (nSPS) is 14.8. The van der Waals surface area contributed by atoms with Crippen LogP contribution < -0.4 is 9.47 Å². The summed E-state index contributed by atoms with van der Waals surface area (Å²) in [7, 11) is -0.304. The second-order valence-corrected chi connectivity index (χ2v) is 9.63. The van der Waals surface area contributed by atoms with Crippen molar-refractivity contribution in [1.82, 2.24) is 9.21 Å². The molecule has 1 heterocycles. The number of likely N-dealkylation sites (N-methyl/N-ethyl adjacent to an activating group) is 1. The van der Waals surface area contributed by atoms with Gasteiger partial charge in [-0.3, -0.25) is 4.79 Å². The van der Waals surface area contributed by atoms with E-state index in [1.807, 2.05) is 19.1 Å². The highest BCUT2D eigenvalue weighted by Crippen LogP contribution is 2.23. The molecule has 0 aliphatic carbocycles. The van der Waals surface area contributed by atoms with Gasteiger partial charge in [-0.1, -0.05) is 12.5 Å². The molecule has 1 fully saturated rings. The van der Waals surface area contributed by atoms with Gasteiger partial charge in [0.15, 0.2) is 0 Å². The lowest BCUT2D eigenvalue weighted by atomic mass is 10.1. The average Bonchev–Trinajstić information content (AvgIpc) is 2.79. The molecule has 0 aromatic heterocycles. The quantitative estimate of drug-likeness (QED) is 0.622. The molecule has 0 spiro atoms. The number of amides is 1. The Morgan fingerprint density at radius 3 is 2.32 bits per heavy atom. The Labute approximate surface area is 184 Å². The van der Waals surface area contributed by atoms with E-state index in [1.54, 1.807) is 43.3 Å². The number of rotatable bonds is 8. The van der Waals surface area contributed by atoms with Crippen molar-refractivity contribution >= 4 is 15.9 Å². The van der Waals surface area contributed by atoms with Crippen LogP contribution in [0.3, 0.4) is 0 Å². The lowest BCUT2D eigenvalue weighted by molar-refractivity contribution is 0.0773. The van der Waals surface area contributed by atoms with E-state index in [2.05, 4.69) is 0 Å². The summed E-state index contributed by atoms with van der Waals surface area (Å²) in [5.74, 6) is 1.20. The monoisotopic (exact) mass is 446 g/mol. The summed E-state index contributed by atoms with van der Waals surface area (Å²) >= 11 is 0. The van der Waals surface area contributed by atoms with Gasteiger partial charge in [-0.05, 0) is 61.7 Å². The molecule has 0 radical (unpaired) electrons. The van der Waals surface area contributed by atoms with Crippen LogP contribution in [0.25, 0.3) is 0 Å². The third-order valence-corrected chi connectivity index (χ3v) is 7.39. The third kappa shape index (κ3) is 5.57. The maximum absolute atomic E-state index is 13.0. The van der Waals surface area contributed by atoms with Crippen molar-refractivity contribution in [2.45, 2.75) is 31.1 Å². The molecular weight excluding hydrogens is 416 g/mol. The third-order valence-electron chi connectivity index (χ3n) is 5.49. The van der Waals surface area contributed by atoms with Crippen molar-refractivity contribution < 1.29 is 22.7 Å². The van der Waals surface area contributed by atoms with Crippen LogP contribution in [-0.4, -0.2) is 63.9 Å². The molecule has 0 N–H and O–H groups in total. The van der Waals surface area contributed by atoms with Gasteiger partial charge < -0.3 is 14.4 Å². The van der Waals surface area contributed by atoms with Gasteiger partial charge in [0.1, 0.15) is 18.1 Å². The van der Waals surface area contributed by atoms with Gasteiger partial charge >= 0.3 is 0 Å². The topological polar surface area (TPSA) is 76.1 Å². The van der Waals surface area contributed by atoms with Crippen LogP contribution in [0, 0.1) is 6.92 Å². The summed E-state index contributed by atoms with van der Waals surface area (Å²) in [5, 5.41) is 0. The van der Waals surface area contributed by atoms with Crippen molar-refractivity contribution in [3.05, 3.63) is 53.6 Å². The Hall–Kier alpha value is -2.58. The Balaban J connectivity index is 1.66. The fraction of sp³-hybridized carbons (Fsp3) is 0.435. The van der Waals surface area contributed by atoms with Crippen molar-refractivity contribution in [3.8, 4) is 11.5 Å². The number of carbonyl (C=O) groups excluding carboxylic acids is 1. The number of hydrogen-bond donors (Lipinski definition) is 0. The number of benzene rings is 2. The largest absolute Gasteiger partial charge is 0.497 e. The summed E-state index contributed by atoms with van der Waals surface area (Å²) in [6.07, 6.45) is 2.79.